The van der Waals surface area contributed by atoms with E-state index in [1.165, 1.54) is 13.0 Å². The second-order valence-corrected chi connectivity index (χ2v) is 7.72. The third-order valence-electron chi connectivity index (χ3n) is 6.07. The molecule has 0 spiro atoms. The molecule has 2 aliphatic carbocycles. The molecule has 156 valence electrons. The standard InChI is InChI=1S/C22H26O7/c1-6-14(9-27-13(5)23)22(26)29-20-17-12(4)21(25)28-19(17)16-10(2)7-8-15(16)11(3)18(20)24/h6-7,15-20,24H,3-4,8-9H2,1-2,5H3/b14-6+/t15-,16-,17-,18+,19-,20-/m0/s1. The number of ether oxygens (including phenoxy) is 3. The lowest BCUT2D eigenvalue weighted by Crippen LogP contribution is -2.42. The Kier molecular flexibility index (Phi) is 5.80. The smallest absolute Gasteiger partial charge is 0.337 e. The van der Waals surface area contributed by atoms with Crippen LogP contribution in [-0.2, 0) is 28.6 Å². The van der Waals surface area contributed by atoms with E-state index in [0.717, 1.165) is 5.57 Å². The molecule has 7 heteroatoms. The van der Waals surface area contributed by atoms with Gasteiger partial charge in [0.15, 0.2) is 0 Å². The van der Waals surface area contributed by atoms with E-state index in [4.69, 9.17) is 14.2 Å². The Bertz CT molecular complexity index is 834. The van der Waals surface area contributed by atoms with Gasteiger partial charge in [0, 0.05) is 18.4 Å². The predicted molar refractivity (Wildman–Crippen MR) is 103 cm³/mol. The highest BCUT2D eigenvalue weighted by atomic mass is 16.6. The summed E-state index contributed by atoms with van der Waals surface area (Å²) < 4.78 is 16.1. The van der Waals surface area contributed by atoms with Gasteiger partial charge in [-0.3, -0.25) is 4.79 Å². The van der Waals surface area contributed by atoms with Crippen LogP contribution in [0, 0.1) is 17.8 Å². The van der Waals surface area contributed by atoms with E-state index in [1.54, 1.807) is 6.92 Å². The van der Waals surface area contributed by atoms with E-state index >= 15 is 0 Å². The highest BCUT2D eigenvalue weighted by Gasteiger charge is 2.57. The first-order valence-corrected chi connectivity index (χ1v) is 9.60. The van der Waals surface area contributed by atoms with E-state index in [-0.39, 0.29) is 29.6 Å². The first kappa shape index (κ1) is 21.0. The van der Waals surface area contributed by atoms with Crippen molar-refractivity contribution in [3.63, 3.8) is 0 Å². The minimum absolute atomic E-state index is 0.109. The van der Waals surface area contributed by atoms with Gasteiger partial charge in [-0.1, -0.05) is 30.9 Å². The number of allylic oxidation sites excluding steroid dienone is 2. The number of aliphatic hydroxyl groups excluding tert-OH is 1. The quantitative estimate of drug-likeness (QED) is 0.332. The van der Waals surface area contributed by atoms with Gasteiger partial charge in [-0.05, 0) is 31.8 Å². The molecule has 6 atom stereocenters. The van der Waals surface area contributed by atoms with E-state index in [9.17, 15) is 19.5 Å². The molecule has 0 radical (unpaired) electrons. The molecule has 0 unspecified atom stereocenters. The number of fused-ring (bicyclic) bond motifs is 3. The zero-order valence-electron chi connectivity index (χ0n) is 16.8. The van der Waals surface area contributed by atoms with Gasteiger partial charge in [0.1, 0.15) is 24.9 Å². The van der Waals surface area contributed by atoms with Crippen LogP contribution in [0.1, 0.15) is 27.2 Å². The molecular weight excluding hydrogens is 376 g/mol. The molecule has 1 aliphatic heterocycles. The Morgan fingerprint density at radius 1 is 1.34 bits per heavy atom. The molecule has 29 heavy (non-hydrogen) atoms. The fourth-order valence-electron chi connectivity index (χ4n) is 4.48. The van der Waals surface area contributed by atoms with Crippen LogP contribution in [0.25, 0.3) is 0 Å². The molecular formula is C22H26O7. The largest absolute Gasteiger partial charge is 0.461 e. The third kappa shape index (κ3) is 3.67. The maximum Gasteiger partial charge on any atom is 0.337 e. The van der Waals surface area contributed by atoms with Crippen molar-refractivity contribution in [2.45, 2.75) is 45.5 Å². The molecule has 0 aromatic rings. The molecule has 0 aromatic heterocycles. The van der Waals surface area contributed by atoms with Crippen LogP contribution in [0.4, 0.5) is 0 Å². The molecule has 0 aromatic carbocycles. The number of carbonyl (C=O) groups is 3. The highest BCUT2D eigenvalue weighted by molar-refractivity contribution is 5.92. The summed E-state index contributed by atoms with van der Waals surface area (Å²) in [5.41, 5.74) is 1.89. The summed E-state index contributed by atoms with van der Waals surface area (Å²) in [5, 5.41) is 11.0. The Morgan fingerprint density at radius 2 is 2.03 bits per heavy atom. The number of rotatable bonds is 4. The average Bonchev–Trinajstić information content (AvgIpc) is 3.16. The van der Waals surface area contributed by atoms with Gasteiger partial charge < -0.3 is 19.3 Å². The lowest BCUT2D eigenvalue weighted by molar-refractivity contribution is -0.155. The van der Waals surface area contributed by atoms with Crippen molar-refractivity contribution in [3.8, 4) is 0 Å². The van der Waals surface area contributed by atoms with Crippen LogP contribution in [0.5, 0.6) is 0 Å². The summed E-state index contributed by atoms with van der Waals surface area (Å²) in [4.78, 5) is 36.1. The molecule has 1 N–H and O–H groups in total. The fourth-order valence-corrected chi connectivity index (χ4v) is 4.48. The summed E-state index contributed by atoms with van der Waals surface area (Å²) in [5.74, 6) is -2.76. The second kappa shape index (κ2) is 7.99. The van der Waals surface area contributed by atoms with Crippen molar-refractivity contribution < 1.29 is 33.7 Å². The van der Waals surface area contributed by atoms with Crippen LogP contribution in [0.15, 0.2) is 47.6 Å². The Labute approximate surface area is 169 Å². The fraction of sp³-hybridized carbons (Fsp3) is 0.500. The summed E-state index contributed by atoms with van der Waals surface area (Å²) in [6, 6.07) is 0. The molecule has 1 saturated carbocycles. The van der Waals surface area contributed by atoms with E-state index in [1.807, 2.05) is 6.92 Å². The van der Waals surface area contributed by atoms with Crippen LogP contribution in [0.3, 0.4) is 0 Å². The van der Waals surface area contributed by atoms with Gasteiger partial charge in [0.2, 0.25) is 0 Å². The van der Waals surface area contributed by atoms with Crippen LogP contribution in [0.2, 0.25) is 0 Å². The predicted octanol–water partition coefficient (Wildman–Crippen LogP) is 2.02. The van der Waals surface area contributed by atoms with Gasteiger partial charge in [0.25, 0.3) is 0 Å². The summed E-state index contributed by atoms with van der Waals surface area (Å²) >= 11 is 0. The molecule has 0 bridgehead atoms. The topological polar surface area (TPSA) is 99.1 Å². The minimum atomic E-state index is -1.18. The number of hydrogen-bond acceptors (Lipinski definition) is 7. The van der Waals surface area contributed by atoms with Crippen LogP contribution >= 0.6 is 0 Å². The number of carbonyl (C=O) groups excluding carboxylic acids is 3. The highest BCUT2D eigenvalue weighted by Crippen LogP contribution is 2.51. The Balaban J connectivity index is 1.92. The van der Waals surface area contributed by atoms with Gasteiger partial charge >= 0.3 is 17.9 Å². The third-order valence-corrected chi connectivity index (χ3v) is 6.07. The lowest BCUT2D eigenvalue weighted by atomic mass is 9.80. The molecule has 3 rings (SSSR count). The van der Waals surface area contributed by atoms with Crippen molar-refractivity contribution in [2.24, 2.45) is 17.8 Å². The maximum absolute atomic E-state index is 12.7. The van der Waals surface area contributed by atoms with Crippen molar-refractivity contribution in [2.75, 3.05) is 6.61 Å². The minimum Gasteiger partial charge on any atom is -0.461 e. The maximum atomic E-state index is 12.7. The second-order valence-electron chi connectivity index (χ2n) is 7.72. The lowest BCUT2D eigenvalue weighted by Gasteiger charge is -2.29. The molecule has 0 amide bonds. The molecule has 7 nitrogen and oxygen atoms in total. The number of aliphatic hydroxyl groups is 1. The van der Waals surface area contributed by atoms with Crippen LogP contribution < -0.4 is 0 Å². The van der Waals surface area contributed by atoms with Gasteiger partial charge in [-0.2, -0.15) is 0 Å². The van der Waals surface area contributed by atoms with Gasteiger partial charge in [-0.25, -0.2) is 9.59 Å². The first-order valence-electron chi connectivity index (χ1n) is 9.60. The number of esters is 3. The van der Waals surface area contributed by atoms with Crippen molar-refractivity contribution >= 4 is 17.9 Å². The summed E-state index contributed by atoms with van der Waals surface area (Å²) in [6.45, 7) is 12.5. The average molecular weight is 402 g/mol. The van der Waals surface area contributed by atoms with Gasteiger partial charge in [0.05, 0.1) is 11.5 Å². The molecule has 2 fully saturated rings. The SMILES string of the molecule is C=C1C(=O)O[C@@H]2[C@H]1[C@H](OC(=O)/C(=C/C)COC(C)=O)[C@H](O)C(=C)[C@@H]1CC=C(C)[C@H]21. The molecule has 3 aliphatic rings. The number of hydrogen-bond donors (Lipinski definition) is 1. The zero-order chi connectivity index (χ0) is 21.5. The first-order chi connectivity index (χ1) is 13.7. The monoisotopic (exact) mass is 402 g/mol. The van der Waals surface area contributed by atoms with Gasteiger partial charge in [-0.15, -0.1) is 0 Å². The van der Waals surface area contributed by atoms with E-state index in [0.29, 0.717) is 12.0 Å². The summed E-state index contributed by atoms with van der Waals surface area (Å²) in [7, 11) is 0. The normalized spacial score (nSPS) is 34.0. The van der Waals surface area contributed by atoms with Crippen molar-refractivity contribution in [1.82, 2.24) is 0 Å². The van der Waals surface area contributed by atoms with E-state index < -0.39 is 42.1 Å². The zero-order valence-corrected chi connectivity index (χ0v) is 16.8. The van der Waals surface area contributed by atoms with Crippen molar-refractivity contribution in [1.29, 1.82) is 0 Å². The molecule has 1 heterocycles. The molecule has 1 saturated heterocycles. The van der Waals surface area contributed by atoms with Crippen LogP contribution in [-0.4, -0.2) is 47.9 Å². The Morgan fingerprint density at radius 3 is 2.66 bits per heavy atom. The summed E-state index contributed by atoms with van der Waals surface area (Å²) in [6.07, 6.45) is 1.36. The Hall–Kier alpha value is -2.67. The van der Waals surface area contributed by atoms with E-state index in [2.05, 4.69) is 19.2 Å². The van der Waals surface area contributed by atoms with Crippen molar-refractivity contribution in [3.05, 3.63) is 47.6 Å².